The lowest BCUT2D eigenvalue weighted by Gasteiger charge is -2.31. The first-order chi connectivity index (χ1) is 42.5. The van der Waals surface area contributed by atoms with Crippen molar-refractivity contribution in [3.05, 3.63) is 118 Å². The smallest absolute Gasteiger partial charge is 0.317 e. The highest BCUT2D eigenvalue weighted by Gasteiger charge is 2.24. The summed E-state index contributed by atoms with van der Waals surface area (Å²) in [5, 5.41) is 30.7. The minimum absolute atomic E-state index is 0.0310. The Morgan fingerprint density at radius 2 is 1.23 bits per heavy atom. The average molecular weight is 1230 g/mol. The van der Waals surface area contributed by atoms with Gasteiger partial charge in [-0.2, -0.15) is 0 Å². The van der Waals surface area contributed by atoms with Crippen molar-refractivity contribution in [1.29, 1.82) is 0 Å². The SMILES string of the molecule is CC1CCCCC1.CC1CCCN(C(=O)NCCOCCOCC[NH3+])C1.CC1CCCN(C(=O)N[C@@H]2CCNC2)C1.CC1CCCNC1.COc1cc(C)cc(CO)c1CO.Cc1ccc2c(c1)OCO2.Cc1cccc(N(C)C)c1.Cc1ccccc1. The Kier molecular flexibility index (Phi) is 40.4. The van der Waals surface area contributed by atoms with Crippen LogP contribution in [0, 0.1) is 51.4 Å². The summed E-state index contributed by atoms with van der Waals surface area (Å²) < 4.78 is 26.0. The number of urea groups is 2. The van der Waals surface area contributed by atoms with E-state index in [9.17, 15) is 9.59 Å². The van der Waals surface area contributed by atoms with Gasteiger partial charge in [-0.1, -0.05) is 120 Å². The fourth-order valence-corrected chi connectivity index (χ4v) is 10.7. The first-order valence-electron chi connectivity index (χ1n) is 32.9. The zero-order valence-electron chi connectivity index (χ0n) is 56.3. The molecule has 4 saturated heterocycles. The number of nitrogens with zero attached hydrogens (tertiary/aromatic N) is 3. The molecule has 17 heteroatoms. The number of aliphatic hydroxyl groups is 2. The van der Waals surface area contributed by atoms with E-state index in [1.54, 1.807) is 7.11 Å². The third-order valence-electron chi connectivity index (χ3n) is 15.9. The molecule has 9 N–H and O–H groups in total. The summed E-state index contributed by atoms with van der Waals surface area (Å²) in [6.45, 7) is 29.1. The number of piperidine rings is 3. The maximum Gasteiger partial charge on any atom is 0.317 e. The van der Waals surface area contributed by atoms with Gasteiger partial charge in [-0.3, -0.25) is 0 Å². The zero-order valence-corrected chi connectivity index (χ0v) is 56.3. The topological polar surface area (TPSA) is 206 Å². The Morgan fingerprint density at radius 3 is 1.73 bits per heavy atom. The van der Waals surface area contributed by atoms with Gasteiger partial charge in [-0.25, -0.2) is 9.59 Å². The van der Waals surface area contributed by atoms with Crippen LogP contribution in [0.4, 0.5) is 15.3 Å². The van der Waals surface area contributed by atoms with Gasteiger partial charge in [0.25, 0.3) is 0 Å². The van der Waals surface area contributed by atoms with Crippen LogP contribution in [-0.4, -0.2) is 158 Å². The number of hydrogen-bond acceptors (Lipinski definition) is 12. The lowest BCUT2D eigenvalue weighted by molar-refractivity contribution is -0.374. The van der Waals surface area contributed by atoms with E-state index in [1.165, 1.54) is 93.3 Å². The number of rotatable bonds is 13. The van der Waals surface area contributed by atoms with Crippen molar-refractivity contribution in [1.82, 2.24) is 31.1 Å². The van der Waals surface area contributed by atoms with Crippen molar-refractivity contribution < 1.29 is 49.2 Å². The molecule has 4 atom stereocenters. The lowest BCUT2D eigenvalue weighted by atomic mass is 9.91. The molecule has 3 unspecified atom stereocenters. The van der Waals surface area contributed by atoms with Crippen LogP contribution in [0.2, 0.25) is 0 Å². The van der Waals surface area contributed by atoms with Gasteiger partial charge in [0.1, 0.15) is 5.75 Å². The highest BCUT2D eigenvalue weighted by atomic mass is 16.7. The molecule has 0 aromatic heterocycles. The Balaban J connectivity index is 0.000000269. The fraction of sp³-hybridized carbons (Fsp3) is 0.634. The quantitative estimate of drug-likeness (QED) is 0.0625. The number of amides is 4. The molecular weight excluding hydrogens is 1110 g/mol. The predicted molar refractivity (Wildman–Crippen MR) is 360 cm³/mol. The maximum absolute atomic E-state index is 11.9. The maximum atomic E-state index is 11.9. The number of carbonyl (C=O) groups is 2. The summed E-state index contributed by atoms with van der Waals surface area (Å²) in [4.78, 5) is 29.7. The molecule has 6 aliphatic rings. The van der Waals surface area contributed by atoms with Gasteiger partial charge in [0.05, 0.1) is 53.3 Å². The number of quaternary nitrogens is 1. The molecule has 88 heavy (non-hydrogen) atoms. The number of likely N-dealkylation sites (tertiary alicyclic amines) is 2. The van der Waals surface area contributed by atoms with Crippen molar-refractivity contribution in [2.45, 2.75) is 152 Å². The van der Waals surface area contributed by atoms with Gasteiger partial charge in [-0.15, -0.1) is 0 Å². The lowest BCUT2D eigenvalue weighted by Crippen LogP contribution is -2.52. The second-order valence-corrected chi connectivity index (χ2v) is 24.7. The van der Waals surface area contributed by atoms with Gasteiger partial charge in [0.2, 0.25) is 6.79 Å². The number of anilines is 1. The third kappa shape index (κ3) is 33.8. The molecule has 5 aliphatic heterocycles. The van der Waals surface area contributed by atoms with E-state index in [4.69, 9.17) is 33.9 Å². The molecule has 17 nitrogen and oxygen atoms in total. The summed E-state index contributed by atoms with van der Waals surface area (Å²) in [6, 6.07) is 28.8. The molecule has 496 valence electrons. The van der Waals surface area contributed by atoms with E-state index >= 15 is 0 Å². The highest BCUT2D eigenvalue weighted by Crippen LogP contribution is 2.32. The molecule has 4 aromatic carbocycles. The van der Waals surface area contributed by atoms with E-state index in [0.29, 0.717) is 69.0 Å². The molecule has 1 saturated carbocycles. The molecule has 0 spiro atoms. The minimum atomic E-state index is -0.112. The van der Waals surface area contributed by atoms with Crippen molar-refractivity contribution in [3.8, 4) is 17.2 Å². The van der Waals surface area contributed by atoms with Gasteiger partial charge in [-0.05, 0) is 169 Å². The van der Waals surface area contributed by atoms with Gasteiger partial charge in [0, 0.05) is 70.7 Å². The fourth-order valence-electron chi connectivity index (χ4n) is 10.7. The Morgan fingerprint density at radius 1 is 0.614 bits per heavy atom. The second-order valence-electron chi connectivity index (χ2n) is 24.7. The monoisotopic (exact) mass is 1230 g/mol. The number of hydrogen-bond donors (Lipinski definition) is 7. The first-order valence-corrected chi connectivity index (χ1v) is 32.9. The number of fused-ring (bicyclic) bond motifs is 1. The largest absolute Gasteiger partial charge is 0.496 e. The Hall–Kier alpha value is -5.66. The molecule has 5 heterocycles. The molecule has 0 bridgehead atoms. The number of carbonyl (C=O) groups excluding carboxylic acids is 2. The van der Waals surface area contributed by atoms with Crippen LogP contribution >= 0.6 is 0 Å². The summed E-state index contributed by atoms with van der Waals surface area (Å²) in [6.07, 6.45) is 16.0. The highest BCUT2D eigenvalue weighted by molar-refractivity contribution is 5.75. The number of aliphatic hydroxyl groups excluding tert-OH is 2. The minimum Gasteiger partial charge on any atom is -0.496 e. The molecule has 5 fully saturated rings. The van der Waals surface area contributed by atoms with E-state index in [-0.39, 0.29) is 25.3 Å². The standard InChI is InChI=1S/C13H27N3O3.C11H21N3O.C10H14O3.C9H13N.C8H8O2.C7H14.C7H8.C6H13N/c1-12-3-2-6-16(11-12)13(17)15-5-8-19-10-9-18-7-4-14;1-9-3-2-6-14(8-9)11(15)13-10-4-5-12-7-10;1-7-3-8(5-11)9(6-12)10(4-7)13-2;1-8-5-4-6-9(7-8)10(2)3;1-6-2-3-7-8(4-6)10-5-9-7;2*1-7-5-3-2-4-6-7;1-6-3-2-4-7-5-6/h12H,2-11,14H2,1H3,(H,15,17);9-10,12H,2-8H2,1H3,(H,13,15);3-4,11-12H,5-6H2,1-2H3;4-7H,1-3H3;2-4H,5H2,1H3;7H,2-6H2,1H3;2-6H,1H3;6-7H,2-5H2,1H3/p+1/t;9?,10-;;;;;;/m.1....../s1. The summed E-state index contributed by atoms with van der Waals surface area (Å²) in [5.74, 6) is 5.58. The third-order valence-corrected chi connectivity index (χ3v) is 15.9. The normalized spacial score (nSPS) is 19.1. The first kappa shape index (κ1) is 76.6. The summed E-state index contributed by atoms with van der Waals surface area (Å²) >= 11 is 0. The van der Waals surface area contributed by atoms with E-state index in [2.05, 4.69) is 124 Å². The van der Waals surface area contributed by atoms with Crippen LogP contribution < -0.4 is 46.1 Å². The van der Waals surface area contributed by atoms with Gasteiger partial charge < -0.3 is 75.6 Å². The van der Waals surface area contributed by atoms with Crippen LogP contribution in [-0.2, 0) is 22.7 Å². The van der Waals surface area contributed by atoms with Crippen molar-refractivity contribution in [3.63, 3.8) is 0 Å². The Labute approximate surface area is 531 Å². The van der Waals surface area contributed by atoms with E-state index in [0.717, 1.165) is 99.5 Å². The van der Waals surface area contributed by atoms with Crippen LogP contribution in [0.5, 0.6) is 17.2 Å². The number of ether oxygens (including phenoxy) is 5. The number of aryl methyl sites for hydroxylation is 4. The predicted octanol–water partition coefficient (Wildman–Crippen LogP) is 10.9. The van der Waals surface area contributed by atoms with Crippen LogP contribution in [0.25, 0.3) is 0 Å². The van der Waals surface area contributed by atoms with Gasteiger partial charge >= 0.3 is 12.1 Å². The van der Waals surface area contributed by atoms with E-state index in [1.807, 2.05) is 72.2 Å². The molecule has 4 amide bonds. The van der Waals surface area contributed by atoms with Crippen molar-refractivity contribution in [2.75, 3.05) is 125 Å². The average Bonchev–Trinajstić information content (AvgIpc) is 4.26. The van der Waals surface area contributed by atoms with Crippen molar-refractivity contribution in [2.24, 2.45) is 23.7 Å². The Bertz CT molecular complexity index is 2390. The number of nitrogens with one attached hydrogen (secondary N) is 4. The van der Waals surface area contributed by atoms with Crippen LogP contribution in [0.15, 0.2) is 84.9 Å². The summed E-state index contributed by atoms with van der Waals surface area (Å²) in [5.41, 5.74) is 11.2. The van der Waals surface area contributed by atoms with Crippen LogP contribution in [0.3, 0.4) is 0 Å². The zero-order chi connectivity index (χ0) is 64.3. The molecular formula is C71H119N8O9+. The number of methoxy groups -OCH3 is 1. The second kappa shape index (κ2) is 46.4. The van der Waals surface area contributed by atoms with Crippen LogP contribution in [0.1, 0.15) is 138 Å². The summed E-state index contributed by atoms with van der Waals surface area (Å²) in [7, 11) is 5.65. The number of benzene rings is 4. The molecule has 10 rings (SSSR count). The van der Waals surface area contributed by atoms with E-state index < -0.39 is 0 Å². The van der Waals surface area contributed by atoms with Gasteiger partial charge in [0.15, 0.2) is 11.5 Å². The molecule has 1 aliphatic carbocycles. The molecule has 4 aromatic rings. The van der Waals surface area contributed by atoms with Crippen molar-refractivity contribution >= 4 is 17.7 Å². The molecule has 0 radical (unpaired) electrons.